The summed E-state index contributed by atoms with van der Waals surface area (Å²) in [6.45, 7) is 5.77. The van der Waals surface area contributed by atoms with Crippen molar-refractivity contribution < 1.29 is 9.90 Å². The fraction of sp³-hybridized carbons (Fsp3) is 0.462. The summed E-state index contributed by atoms with van der Waals surface area (Å²) < 4.78 is 0. The second-order valence-electron chi connectivity index (χ2n) is 4.49. The average molecular weight is 251 g/mol. The molecule has 1 aliphatic rings. The summed E-state index contributed by atoms with van der Waals surface area (Å²) in [4.78, 5) is 14.1. The van der Waals surface area contributed by atoms with Crippen molar-refractivity contribution in [3.63, 3.8) is 0 Å². The molecule has 1 N–H and O–H groups in total. The van der Waals surface area contributed by atoms with Crippen LogP contribution in [0.5, 0.6) is 0 Å². The second-order valence-corrected chi connectivity index (χ2v) is 5.97. The first-order chi connectivity index (χ1) is 8.06. The summed E-state index contributed by atoms with van der Waals surface area (Å²) in [6.07, 6.45) is 0.199. The van der Waals surface area contributed by atoms with Crippen LogP contribution in [-0.2, 0) is 4.79 Å². The molecule has 0 fully saturated rings. The molecule has 0 spiro atoms. The predicted molar refractivity (Wildman–Crippen MR) is 71.0 cm³/mol. The molecule has 0 bridgehead atoms. The lowest BCUT2D eigenvalue weighted by atomic mass is 10.2. The first kappa shape index (κ1) is 12.3. The number of anilines is 1. The Kier molecular flexibility index (Phi) is 3.62. The number of carboxylic acid groups (broad SMARTS) is 1. The summed E-state index contributed by atoms with van der Waals surface area (Å²) in [5.41, 5.74) is 2.41. The lowest BCUT2D eigenvalue weighted by Crippen LogP contribution is -2.35. The molecule has 1 aromatic rings. The standard InChI is InChI=1S/C13H17NO2S/c1-9-3-4-12-11(7-9)14(6-5-13(15)16)8-10(2)17-12/h3-4,7,10H,5-6,8H2,1-2H3,(H,15,16). The Morgan fingerprint density at radius 1 is 1.59 bits per heavy atom. The van der Waals surface area contributed by atoms with Gasteiger partial charge in [-0.3, -0.25) is 4.79 Å². The average Bonchev–Trinajstić information content (AvgIpc) is 2.26. The van der Waals surface area contributed by atoms with Gasteiger partial charge in [-0.2, -0.15) is 0 Å². The first-order valence-corrected chi connectivity index (χ1v) is 6.68. The van der Waals surface area contributed by atoms with Crippen LogP contribution in [0.4, 0.5) is 5.69 Å². The van der Waals surface area contributed by atoms with Gasteiger partial charge < -0.3 is 10.0 Å². The topological polar surface area (TPSA) is 40.5 Å². The van der Waals surface area contributed by atoms with E-state index >= 15 is 0 Å². The molecule has 92 valence electrons. The number of thioether (sulfide) groups is 1. The zero-order chi connectivity index (χ0) is 12.4. The van der Waals surface area contributed by atoms with Crippen LogP contribution in [-0.4, -0.2) is 29.4 Å². The van der Waals surface area contributed by atoms with E-state index in [2.05, 4.69) is 36.9 Å². The molecule has 1 heterocycles. The molecular formula is C13H17NO2S. The number of benzene rings is 1. The SMILES string of the molecule is Cc1ccc2c(c1)N(CCC(=O)O)CC(C)S2. The number of aliphatic carboxylic acids is 1. The minimum atomic E-state index is -0.731. The zero-order valence-corrected chi connectivity index (χ0v) is 11.0. The highest BCUT2D eigenvalue weighted by molar-refractivity contribution is 8.00. The lowest BCUT2D eigenvalue weighted by Gasteiger charge is -2.34. The molecule has 3 nitrogen and oxygen atoms in total. The van der Waals surface area contributed by atoms with Gasteiger partial charge in [0.25, 0.3) is 0 Å². The zero-order valence-electron chi connectivity index (χ0n) is 10.1. The van der Waals surface area contributed by atoms with Gasteiger partial charge in [-0.1, -0.05) is 13.0 Å². The number of carbonyl (C=O) groups is 1. The van der Waals surface area contributed by atoms with E-state index < -0.39 is 5.97 Å². The van der Waals surface area contributed by atoms with E-state index in [0.29, 0.717) is 11.8 Å². The van der Waals surface area contributed by atoms with Crippen molar-refractivity contribution in [1.29, 1.82) is 0 Å². The Morgan fingerprint density at radius 3 is 3.06 bits per heavy atom. The lowest BCUT2D eigenvalue weighted by molar-refractivity contribution is -0.136. The normalized spacial score (nSPS) is 18.9. The van der Waals surface area contributed by atoms with E-state index in [-0.39, 0.29) is 6.42 Å². The van der Waals surface area contributed by atoms with E-state index in [0.717, 1.165) is 6.54 Å². The Bertz CT molecular complexity index is 433. The third kappa shape index (κ3) is 2.94. The molecule has 1 aromatic carbocycles. The van der Waals surface area contributed by atoms with Gasteiger partial charge >= 0.3 is 5.97 Å². The predicted octanol–water partition coefficient (Wildman–Crippen LogP) is 2.77. The fourth-order valence-electron chi connectivity index (χ4n) is 2.08. The van der Waals surface area contributed by atoms with Crippen molar-refractivity contribution in [2.24, 2.45) is 0 Å². The number of hydrogen-bond acceptors (Lipinski definition) is 3. The van der Waals surface area contributed by atoms with Gasteiger partial charge in [-0.15, -0.1) is 11.8 Å². The van der Waals surface area contributed by atoms with Gasteiger partial charge in [0.15, 0.2) is 0 Å². The molecule has 1 unspecified atom stereocenters. The van der Waals surface area contributed by atoms with Gasteiger partial charge in [0.05, 0.1) is 12.1 Å². The molecule has 1 aliphatic heterocycles. The van der Waals surface area contributed by atoms with Crippen LogP contribution in [0.2, 0.25) is 0 Å². The molecule has 1 atom stereocenters. The van der Waals surface area contributed by atoms with Crippen LogP contribution in [0.1, 0.15) is 18.9 Å². The molecular weight excluding hydrogens is 234 g/mol. The Balaban J connectivity index is 2.23. The Morgan fingerprint density at radius 2 is 2.35 bits per heavy atom. The van der Waals surface area contributed by atoms with Gasteiger partial charge in [0.1, 0.15) is 0 Å². The monoisotopic (exact) mass is 251 g/mol. The minimum absolute atomic E-state index is 0.199. The van der Waals surface area contributed by atoms with E-state index in [9.17, 15) is 4.79 Å². The molecule has 0 amide bonds. The number of hydrogen-bond donors (Lipinski definition) is 1. The number of carboxylic acids is 1. The van der Waals surface area contributed by atoms with Gasteiger partial charge in [0.2, 0.25) is 0 Å². The van der Waals surface area contributed by atoms with Gasteiger partial charge in [-0.05, 0) is 24.6 Å². The van der Waals surface area contributed by atoms with Crippen molar-refractivity contribution in [3.8, 4) is 0 Å². The van der Waals surface area contributed by atoms with Gasteiger partial charge in [-0.25, -0.2) is 0 Å². The van der Waals surface area contributed by atoms with Crippen LogP contribution < -0.4 is 4.90 Å². The third-order valence-electron chi connectivity index (χ3n) is 2.86. The first-order valence-electron chi connectivity index (χ1n) is 5.80. The van der Waals surface area contributed by atoms with Crippen LogP contribution in [0.25, 0.3) is 0 Å². The van der Waals surface area contributed by atoms with Gasteiger partial charge in [0, 0.05) is 23.2 Å². The summed E-state index contributed by atoms with van der Waals surface area (Å²) in [7, 11) is 0. The molecule has 0 aliphatic carbocycles. The van der Waals surface area contributed by atoms with Crippen molar-refractivity contribution in [3.05, 3.63) is 23.8 Å². The summed E-state index contributed by atoms with van der Waals surface area (Å²) >= 11 is 1.87. The molecule has 0 aromatic heterocycles. The smallest absolute Gasteiger partial charge is 0.305 e. The summed E-state index contributed by atoms with van der Waals surface area (Å²) in [5, 5.41) is 9.29. The van der Waals surface area contributed by atoms with Crippen LogP contribution in [0, 0.1) is 6.92 Å². The van der Waals surface area contributed by atoms with Crippen LogP contribution >= 0.6 is 11.8 Å². The summed E-state index contributed by atoms with van der Waals surface area (Å²) in [5.74, 6) is -0.731. The number of fused-ring (bicyclic) bond motifs is 1. The van der Waals surface area contributed by atoms with E-state index in [4.69, 9.17) is 5.11 Å². The number of nitrogens with zero attached hydrogens (tertiary/aromatic N) is 1. The quantitative estimate of drug-likeness (QED) is 0.896. The van der Waals surface area contributed by atoms with E-state index in [1.807, 2.05) is 11.8 Å². The third-order valence-corrected chi connectivity index (χ3v) is 4.01. The maximum absolute atomic E-state index is 10.7. The fourth-order valence-corrected chi connectivity index (χ4v) is 3.22. The van der Waals surface area contributed by atoms with Crippen molar-refractivity contribution >= 4 is 23.4 Å². The van der Waals surface area contributed by atoms with Crippen molar-refractivity contribution in [2.75, 3.05) is 18.0 Å². The van der Waals surface area contributed by atoms with E-state index in [1.165, 1.54) is 16.1 Å². The highest BCUT2D eigenvalue weighted by Gasteiger charge is 2.22. The number of rotatable bonds is 3. The Labute approximate surface area is 106 Å². The van der Waals surface area contributed by atoms with E-state index in [1.54, 1.807) is 0 Å². The Hall–Kier alpha value is -1.16. The second kappa shape index (κ2) is 5.00. The molecule has 17 heavy (non-hydrogen) atoms. The van der Waals surface area contributed by atoms with Crippen molar-refractivity contribution in [1.82, 2.24) is 0 Å². The maximum atomic E-state index is 10.7. The summed E-state index contributed by atoms with van der Waals surface area (Å²) in [6, 6.07) is 6.40. The van der Waals surface area contributed by atoms with Crippen molar-refractivity contribution in [2.45, 2.75) is 30.4 Å². The molecule has 2 rings (SSSR count). The highest BCUT2D eigenvalue weighted by Crippen LogP contribution is 2.38. The highest BCUT2D eigenvalue weighted by atomic mass is 32.2. The maximum Gasteiger partial charge on any atom is 0.305 e. The van der Waals surface area contributed by atoms with Crippen LogP contribution in [0.15, 0.2) is 23.1 Å². The largest absolute Gasteiger partial charge is 0.481 e. The molecule has 0 saturated heterocycles. The number of aryl methyl sites for hydroxylation is 1. The van der Waals surface area contributed by atoms with Crippen LogP contribution in [0.3, 0.4) is 0 Å². The minimum Gasteiger partial charge on any atom is -0.481 e. The molecule has 0 radical (unpaired) electrons. The molecule has 4 heteroatoms. The molecule has 0 saturated carbocycles.